The minimum absolute atomic E-state index is 0.0297. The Bertz CT molecular complexity index is 461. The Balaban J connectivity index is 2.47. The summed E-state index contributed by atoms with van der Waals surface area (Å²) >= 11 is 5.37. The zero-order valence-electron chi connectivity index (χ0n) is 13.2. The molecule has 1 rings (SSSR count). The molecular formula is C16H27N3S. The lowest BCUT2D eigenvalue weighted by atomic mass is 9.82. The molecule has 0 amide bonds. The van der Waals surface area contributed by atoms with Gasteiger partial charge in [-0.2, -0.15) is 0 Å². The number of hydrogen-bond donors (Lipinski definition) is 3. The summed E-state index contributed by atoms with van der Waals surface area (Å²) in [4.78, 5) is 0. The molecule has 0 atom stereocenters. The van der Waals surface area contributed by atoms with Crippen LogP contribution < -0.4 is 16.4 Å². The molecule has 0 fully saturated rings. The minimum Gasteiger partial charge on any atom is -0.399 e. The van der Waals surface area contributed by atoms with E-state index < -0.39 is 0 Å². The maximum atomic E-state index is 5.76. The quantitative estimate of drug-likeness (QED) is 0.588. The Morgan fingerprint density at radius 1 is 1.20 bits per heavy atom. The highest BCUT2D eigenvalue weighted by Crippen LogP contribution is 2.26. The minimum atomic E-state index is -0.0297. The Kier molecular flexibility index (Phi) is 5.40. The van der Waals surface area contributed by atoms with Gasteiger partial charge in [-0.05, 0) is 55.6 Å². The molecule has 0 aliphatic heterocycles. The summed E-state index contributed by atoms with van der Waals surface area (Å²) in [6.07, 6.45) is 1.04. The van der Waals surface area contributed by atoms with Crippen molar-refractivity contribution in [3.63, 3.8) is 0 Å². The molecule has 0 heterocycles. The largest absolute Gasteiger partial charge is 0.399 e. The molecule has 0 saturated heterocycles. The highest BCUT2D eigenvalue weighted by Gasteiger charge is 2.25. The number of nitrogens with two attached hydrogens (primary N) is 1. The molecule has 0 aromatic heterocycles. The molecule has 3 nitrogen and oxygen atoms in total. The first-order valence-electron chi connectivity index (χ1n) is 6.98. The van der Waals surface area contributed by atoms with Gasteiger partial charge in [0, 0.05) is 17.8 Å². The first-order chi connectivity index (χ1) is 9.07. The summed E-state index contributed by atoms with van der Waals surface area (Å²) in [7, 11) is 0. The number of anilines is 1. The summed E-state index contributed by atoms with van der Waals surface area (Å²) in [5.74, 6) is 0. The fourth-order valence-electron chi connectivity index (χ4n) is 2.61. The zero-order chi connectivity index (χ0) is 15.4. The van der Waals surface area contributed by atoms with Crippen molar-refractivity contribution in [1.82, 2.24) is 10.6 Å². The highest BCUT2D eigenvalue weighted by atomic mass is 32.1. The van der Waals surface area contributed by atoms with E-state index in [1.54, 1.807) is 0 Å². The van der Waals surface area contributed by atoms with Crippen LogP contribution in [0.2, 0.25) is 0 Å². The number of hydrogen-bond acceptors (Lipinski definition) is 2. The smallest absolute Gasteiger partial charge is 0.166 e. The lowest BCUT2D eigenvalue weighted by Crippen LogP contribution is -2.49. The second-order valence-corrected chi connectivity index (χ2v) is 7.58. The number of benzene rings is 1. The van der Waals surface area contributed by atoms with Crippen LogP contribution in [0.3, 0.4) is 0 Å². The molecule has 1 aromatic rings. The molecule has 1 aromatic carbocycles. The van der Waals surface area contributed by atoms with Crippen LogP contribution in [0.25, 0.3) is 0 Å². The Hall–Kier alpha value is -1.29. The first-order valence-corrected chi connectivity index (χ1v) is 7.39. The third-order valence-corrected chi connectivity index (χ3v) is 3.07. The van der Waals surface area contributed by atoms with Gasteiger partial charge in [0.25, 0.3) is 0 Å². The van der Waals surface area contributed by atoms with Gasteiger partial charge in [0.05, 0.1) is 0 Å². The molecule has 0 saturated carbocycles. The summed E-state index contributed by atoms with van der Waals surface area (Å²) in [5, 5.41) is 7.30. The van der Waals surface area contributed by atoms with Crippen molar-refractivity contribution in [3.05, 3.63) is 29.8 Å². The predicted molar refractivity (Wildman–Crippen MR) is 91.6 cm³/mol. The molecule has 0 unspecified atom stereocenters. The van der Waals surface area contributed by atoms with E-state index in [-0.39, 0.29) is 11.0 Å². The molecule has 20 heavy (non-hydrogen) atoms. The maximum absolute atomic E-state index is 5.76. The van der Waals surface area contributed by atoms with Crippen LogP contribution in [0.5, 0.6) is 0 Å². The normalized spacial score (nSPS) is 12.1. The molecule has 4 heteroatoms. The molecule has 112 valence electrons. The number of nitrogens with one attached hydrogen (secondary N) is 2. The Morgan fingerprint density at radius 2 is 1.85 bits per heavy atom. The van der Waals surface area contributed by atoms with Crippen molar-refractivity contribution in [2.24, 2.45) is 5.41 Å². The average molecular weight is 293 g/mol. The Labute approximate surface area is 128 Å². The molecular weight excluding hydrogens is 266 g/mol. The van der Waals surface area contributed by atoms with Crippen LogP contribution in [-0.2, 0) is 6.54 Å². The van der Waals surface area contributed by atoms with Crippen molar-refractivity contribution in [1.29, 1.82) is 0 Å². The number of rotatable bonds is 4. The predicted octanol–water partition coefficient (Wildman–Crippen LogP) is 3.45. The molecule has 0 bridgehead atoms. The molecule has 0 aliphatic carbocycles. The standard InChI is InChI=1S/C16H27N3S/c1-15(2,3)11-16(4,5)19-14(20)18-10-12-7-6-8-13(17)9-12/h6-9H,10-11,17H2,1-5H3,(H2,18,19,20). The van der Waals surface area contributed by atoms with Gasteiger partial charge in [0.1, 0.15) is 0 Å². The van der Waals surface area contributed by atoms with E-state index in [0.717, 1.165) is 17.7 Å². The fraction of sp³-hybridized carbons (Fsp3) is 0.562. The first kappa shape index (κ1) is 16.8. The summed E-state index contributed by atoms with van der Waals surface area (Å²) in [6.45, 7) is 11.7. The van der Waals surface area contributed by atoms with Crippen molar-refractivity contribution in [2.75, 3.05) is 5.73 Å². The monoisotopic (exact) mass is 293 g/mol. The maximum Gasteiger partial charge on any atom is 0.166 e. The number of thiocarbonyl (C=S) groups is 1. The number of nitrogen functional groups attached to an aromatic ring is 1. The summed E-state index contributed by atoms with van der Waals surface area (Å²) in [6, 6.07) is 7.82. The molecule has 0 spiro atoms. The lowest BCUT2D eigenvalue weighted by Gasteiger charge is -2.34. The van der Waals surface area contributed by atoms with E-state index in [0.29, 0.717) is 11.7 Å². The lowest BCUT2D eigenvalue weighted by molar-refractivity contribution is 0.266. The van der Waals surface area contributed by atoms with Gasteiger partial charge in [-0.3, -0.25) is 0 Å². The van der Waals surface area contributed by atoms with Crippen molar-refractivity contribution in [2.45, 2.75) is 53.1 Å². The fourth-order valence-corrected chi connectivity index (χ4v) is 2.96. The topological polar surface area (TPSA) is 50.1 Å². The van der Waals surface area contributed by atoms with E-state index in [1.165, 1.54) is 0 Å². The second-order valence-electron chi connectivity index (χ2n) is 7.17. The van der Waals surface area contributed by atoms with Crippen LogP contribution in [0.1, 0.15) is 46.6 Å². The van der Waals surface area contributed by atoms with E-state index in [9.17, 15) is 0 Å². The van der Waals surface area contributed by atoms with Crippen LogP contribution >= 0.6 is 12.2 Å². The highest BCUT2D eigenvalue weighted by molar-refractivity contribution is 7.80. The van der Waals surface area contributed by atoms with Crippen molar-refractivity contribution < 1.29 is 0 Å². The van der Waals surface area contributed by atoms with Gasteiger partial charge in [0.2, 0.25) is 0 Å². The van der Waals surface area contributed by atoms with Crippen LogP contribution in [-0.4, -0.2) is 10.7 Å². The van der Waals surface area contributed by atoms with E-state index >= 15 is 0 Å². The third kappa shape index (κ3) is 6.75. The van der Waals surface area contributed by atoms with Gasteiger partial charge < -0.3 is 16.4 Å². The van der Waals surface area contributed by atoms with Crippen LogP contribution in [0.4, 0.5) is 5.69 Å². The molecule has 0 radical (unpaired) electrons. The average Bonchev–Trinajstić information content (AvgIpc) is 2.22. The van der Waals surface area contributed by atoms with Gasteiger partial charge in [0.15, 0.2) is 5.11 Å². The summed E-state index contributed by atoms with van der Waals surface area (Å²) in [5.41, 5.74) is 7.90. The SMILES string of the molecule is CC(C)(C)CC(C)(C)NC(=S)NCc1cccc(N)c1. The van der Waals surface area contributed by atoms with Gasteiger partial charge in [-0.25, -0.2) is 0 Å². The van der Waals surface area contributed by atoms with E-state index in [1.807, 2.05) is 24.3 Å². The van der Waals surface area contributed by atoms with Crippen molar-refractivity contribution >= 4 is 23.0 Å². The Morgan fingerprint density at radius 3 is 2.40 bits per heavy atom. The van der Waals surface area contributed by atoms with E-state index in [2.05, 4.69) is 45.3 Å². The van der Waals surface area contributed by atoms with Gasteiger partial charge in [-0.15, -0.1) is 0 Å². The van der Waals surface area contributed by atoms with Crippen molar-refractivity contribution in [3.8, 4) is 0 Å². The summed E-state index contributed by atoms with van der Waals surface area (Å²) < 4.78 is 0. The second kappa shape index (κ2) is 6.44. The third-order valence-electron chi connectivity index (χ3n) is 2.83. The molecule has 4 N–H and O–H groups in total. The van der Waals surface area contributed by atoms with E-state index in [4.69, 9.17) is 18.0 Å². The molecule has 0 aliphatic rings. The van der Waals surface area contributed by atoms with Crippen LogP contribution in [0, 0.1) is 5.41 Å². The van der Waals surface area contributed by atoms with Gasteiger partial charge >= 0.3 is 0 Å². The van der Waals surface area contributed by atoms with Gasteiger partial charge in [-0.1, -0.05) is 32.9 Å². The van der Waals surface area contributed by atoms with Crippen LogP contribution in [0.15, 0.2) is 24.3 Å². The zero-order valence-corrected chi connectivity index (χ0v) is 14.0.